The Labute approximate surface area is 173 Å². The zero-order chi connectivity index (χ0) is 20.8. The fourth-order valence-corrected chi connectivity index (χ4v) is 3.07. The minimum atomic E-state index is -0.0699. The third-order valence-electron chi connectivity index (χ3n) is 4.26. The number of oxime groups is 1. The molecule has 0 unspecified atom stereocenters. The van der Waals surface area contributed by atoms with Crippen LogP contribution < -0.4 is 4.90 Å². The number of pyridine rings is 1. The summed E-state index contributed by atoms with van der Waals surface area (Å²) in [6.45, 7) is 4.61. The number of halogens is 1. The third kappa shape index (κ3) is 4.80. The molecule has 0 aliphatic carbocycles. The number of amides is 1. The lowest BCUT2D eigenvalue weighted by Gasteiger charge is -2.19. The summed E-state index contributed by atoms with van der Waals surface area (Å²) in [5, 5.41) is 12.8. The van der Waals surface area contributed by atoms with Gasteiger partial charge in [0.15, 0.2) is 5.15 Å². The summed E-state index contributed by atoms with van der Waals surface area (Å²) in [5.74, 6) is -0.0699. The average molecular weight is 416 g/mol. The molecule has 3 aromatic rings. The Hall–Kier alpha value is -3.20. The number of aryl methyl sites for hydroxylation is 1. The molecule has 0 aliphatic rings. The second-order valence-electron chi connectivity index (χ2n) is 6.17. The van der Waals surface area contributed by atoms with E-state index in [1.807, 2.05) is 32.0 Å². The fraction of sp³-hybridized carbons (Fsp3) is 0.316. The smallest absolute Gasteiger partial charge is 0.228 e. The van der Waals surface area contributed by atoms with Crippen LogP contribution in [0.5, 0.6) is 0 Å². The van der Waals surface area contributed by atoms with E-state index in [2.05, 4.69) is 20.3 Å². The first kappa shape index (κ1) is 20.5. The number of carbonyl (C=O) groups excluding carboxylic acids is 1. The van der Waals surface area contributed by atoms with Crippen LogP contribution in [0.2, 0.25) is 5.15 Å². The first-order chi connectivity index (χ1) is 14.0. The zero-order valence-corrected chi connectivity index (χ0v) is 17.2. The van der Waals surface area contributed by atoms with Gasteiger partial charge >= 0.3 is 0 Å². The molecule has 3 aromatic heterocycles. The number of rotatable bonds is 8. The van der Waals surface area contributed by atoms with Gasteiger partial charge in [-0.25, -0.2) is 4.68 Å². The van der Waals surface area contributed by atoms with Crippen molar-refractivity contribution in [3.8, 4) is 5.69 Å². The highest BCUT2D eigenvalue weighted by Gasteiger charge is 2.20. The van der Waals surface area contributed by atoms with Crippen LogP contribution in [0.1, 0.15) is 26.0 Å². The van der Waals surface area contributed by atoms with Gasteiger partial charge in [-0.15, -0.1) is 0 Å². The first-order valence-corrected chi connectivity index (χ1v) is 9.48. The molecule has 0 atom stereocenters. The van der Waals surface area contributed by atoms with Gasteiger partial charge in [0.2, 0.25) is 5.91 Å². The second-order valence-corrected chi connectivity index (χ2v) is 6.53. The molecule has 0 N–H and O–H groups in total. The van der Waals surface area contributed by atoms with Gasteiger partial charge in [0.25, 0.3) is 0 Å². The van der Waals surface area contributed by atoms with Gasteiger partial charge < -0.3 is 9.74 Å². The summed E-state index contributed by atoms with van der Waals surface area (Å²) in [6, 6.07) is 5.50. The van der Waals surface area contributed by atoms with Crippen LogP contribution in [-0.4, -0.2) is 49.8 Å². The van der Waals surface area contributed by atoms with Crippen molar-refractivity contribution in [3.05, 3.63) is 53.8 Å². The molecule has 0 saturated heterocycles. The first-order valence-electron chi connectivity index (χ1n) is 9.11. The van der Waals surface area contributed by atoms with Gasteiger partial charge in [-0.1, -0.05) is 16.8 Å². The van der Waals surface area contributed by atoms with Gasteiger partial charge in [0.1, 0.15) is 24.2 Å². The van der Waals surface area contributed by atoms with Crippen LogP contribution in [0.25, 0.3) is 5.69 Å². The van der Waals surface area contributed by atoms with Crippen LogP contribution in [0, 0.1) is 0 Å². The van der Waals surface area contributed by atoms with Crippen molar-refractivity contribution in [3.63, 3.8) is 0 Å². The Morgan fingerprint density at radius 2 is 2.17 bits per heavy atom. The van der Waals surface area contributed by atoms with E-state index in [0.717, 1.165) is 5.69 Å². The Kier molecular flexibility index (Phi) is 6.61. The van der Waals surface area contributed by atoms with E-state index in [0.29, 0.717) is 30.2 Å². The Bertz CT molecular complexity index is 997. The number of aromatic nitrogens is 5. The molecule has 3 heterocycles. The molecule has 10 heteroatoms. The number of carbonyl (C=O) groups is 1. The van der Waals surface area contributed by atoms with E-state index < -0.39 is 0 Å². The Balaban J connectivity index is 1.70. The fourth-order valence-electron chi connectivity index (χ4n) is 2.84. The molecular weight excluding hydrogens is 394 g/mol. The van der Waals surface area contributed by atoms with Crippen molar-refractivity contribution in [2.45, 2.75) is 26.8 Å². The van der Waals surface area contributed by atoms with Gasteiger partial charge in [-0.05, 0) is 32.0 Å². The zero-order valence-electron chi connectivity index (χ0n) is 16.5. The maximum absolute atomic E-state index is 12.8. The second kappa shape index (κ2) is 9.33. The molecular formula is C19H22ClN7O2. The number of anilines is 1. The molecule has 1 amide bonds. The SMILES string of the molecule is CCN(C(=O)CCn1ccc(C(C)=NOC)n1)c1cn(-c2cccnc2)nc1Cl. The van der Waals surface area contributed by atoms with Crippen molar-refractivity contribution >= 4 is 28.9 Å². The lowest BCUT2D eigenvalue weighted by atomic mass is 10.3. The van der Waals surface area contributed by atoms with Crippen molar-refractivity contribution in [1.29, 1.82) is 0 Å². The Morgan fingerprint density at radius 1 is 1.34 bits per heavy atom. The van der Waals surface area contributed by atoms with E-state index in [9.17, 15) is 4.79 Å². The molecule has 29 heavy (non-hydrogen) atoms. The minimum Gasteiger partial charge on any atom is -0.399 e. The Morgan fingerprint density at radius 3 is 2.86 bits per heavy atom. The lowest BCUT2D eigenvalue weighted by molar-refractivity contribution is -0.118. The monoisotopic (exact) mass is 415 g/mol. The van der Waals surface area contributed by atoms with E-state index in [-0.39, 0.29) is 17.5 Å². The quantitative estimate of drug-likeness (QED) is 0.416. The van der Waals surface area contributed by atoms with Crippen LogP contribution in [0.3, 0.4) is 0 Å². The predicted molar refractivity (Wildman–Crippen MR) is 110 cm³/mol. The molecule has 0 fully saturated rings. The average Bonchev–Trinajstić information content (AvgIpc) is 3.35. The summed E-state index contributed by atoms with van der Waals surface area (Å²) >= 11 is 6.31. The van der Waals surface area contributed by atoms with Crippen molar-refractivity contribution in [2.24, 2.45) is 5.16 Å². The van der Waals surface area contributed by atoms with Crippen LogP contribution in [0.15, 0.2) is 48.1 Å². The van der Waals surface area contributed by atoms with Crippen LogP contribution in [-0.2, 0) is 16.2 Å². The summed E-state index contributed by atoms with van der Waals surface area (Å²) in [5.41, 5.74) is 2.70. The standard InChI is InChI=1S/C19H22ClN7O2/c1-4-26(17-13-27(23-19(17)20)15-6-5-9-21-12-15)18(28)8-11-25-10-7-16(22-25)14(2)24-29-3/h5-7,9-10,12-13H,4,8,11H2,1-3H3. The molecule has 3 rings (SSSR count). The maximum Gasteiger partial charge on any atom is 0.228 e. The van der Waals surface area contributed by atoms with E-state index >= 15 is 0 Å². The van der Waals surface area contributed by atoms with Crippen molar-refractivity contribution in [1.82, 2.24) is 24.5 Å². The van der Waals surface area contributed by atoms with Crippen LogP contribution in [0.4, 0.5) is 5.69 Å². The molecule has 152 valence electrons. The molecule has 0 radical (unpaired) electrons. The molecule has 0 aromatic carbocycles. The molecule has 9 nitrogen and oxygen atoms in total. The molecule has 0 saturated carbocycles. The van der Waals surface area contributed by atoms with E-state index in [1.165, 1.54) is 7.11 Å². The molecule has 0 spiro atoms. The highest BCUT2D eigenvalue weighted by molar-refractivity contribution is 6.32. The summed E-state index contributed by atoms with van der Waals surface area (Å²) in [6.07, 6.45) is 7.16. The normalized spacial score (nSPS) is 11.5. The van der Waals surface area contributed by atoms with Crippen molar-refractivity contribution < 1.29 is 9.63 Å². The van der Waals surface area contributed by atoms with E-state index in [4.69, 9.17) is 16.4 Å². The summed E-state index contributed by atoms with van der Waals surface area (Å²) < 4.78 is 3.31. The van der Waals surface area contributed by atoms with Gasteiger partial charge in [0, 0.05) is 31.9 Å². The van der Waals surface area contributed by atoms with Gasteiger partial charge in [-0.3, -0.25) is 14.5 Å². The predicted octanol–water partition coefficient (Wildman–Crippen LogP) is 2.93. The number of hydrogen-bond donors (Lipinski definition) is 0. The van der Waals surface area contributed by atoms with Gasteiger partial charge in [-0.2, -0.15) is 10.2 Å². The van der Waals surface area contributed by atoms with Gasteiger partial charge in [0.05, 0.1) is 18.1 Å². The summed E-state index contributed by atoms with van der Waals surface area (Å²) in [7, 11) is 1.49. The highest BCUT2D eigenvalue weighted by Crippen LogP contribution is 2.26. The largest absolute Gasteiger partial charge is 0.399 e. The van der Waals surface area contributed by atoms with Crippen molar-refractivity contribution in [2.75, 3.05) is 18.6 Å². The minimum absolute atomic E-state index is 0.0699. The summed E-state index contributed by atoms with van der Waals surface area (Å²) in [4.78, 5) is 23.3. The van der Waals surface area contributed by atoms with Crippen LogP contribution >= 0.6 is 11.6 Å². The third-order valence-corrected chi connectivity index (χ3v) is 4.53. The maximum atomic E-state index is 12.8. The number of nitrogens with zero attached hydrogens (tertiary/aromatic N) is 7. The topological polar surface area (TPSA) is 90.4 Å². The lowest BCUT2D eigenvalue weighted by Crippen LogP contribution is -2.31. The van der Waals surface area contributed by atoms with E-state index in [1.54, 1.807) is 39.1 Å². The molecule has 0 aliphatic heterocycles. The number of hydrogen-bond acceptors (Lipinski definition) is 6. The molecule has 0 bridgehead atoms. The highest BCUT2D eigenvalue weighted by atomic mass is 35.5.